The number of nitrogens with zero attached hydrogens (tertiary/aromatic N) is 1. The maximum Gasteiger partial charge on any atom is 0.413 e. The minimum absolute atomic E-state index is 0.0372. The molecule has 0 radical (unpaired) electrons. The fraction of sp³-hybridized carbons (Fsp3) is 0.303. The van der Waals surface area contributed by atoms with Crippen LogP contribution >= 0.6 is 0 Å². The number of methoxy groups -OCH3 is 1. The van der Waals surface area contributed by atoms with Gasteiger partial charge in [0.15, 0.2) is 23.2 Å². The molecule has 49 heavy (non-hydrogen) atoms. The number of Topliss-reactive ketones (excluding diaryl/α,β-unsaturated/α-hetero) is 1. The molecule has 3 aromatic rings. The summed E-state index contributed by atoms with van der Waals surface area (Å²) >= 11 is 0. The van der Waals surface area contributed by atoms with Crippen LogP contribution in [0.3, 0.4) is 0 Å². The second-order valence-electron chi connectivity index (χ2n) is 11.4. The van der Waals surface area contributed by atoms with E-state index in [1.807, 2.05) is 0 Å². The van der Waals surface area contributed by atoms with E-state index in [2.05, 4.69) is 15.4 Å². The van der Waals surface area contributed by atoms with Gasteiger partial charge in [-0.15, -0.1) is 0 Å². The Kier molecular flexibility index (Phi) is 10.1. The number of nitrogens with one attached hydrogen (secondary N) is 2. The molecule has 0 saturated heterocycles. The first-order valence-corrected chi connectivity index (χ1v) is 14.9. The minimum atomic E-state index is -1.92. The lowest BCUT2D eigenvalue weighted by Gasteiger charge is -2.28. The number of aliphatic carboxylic acids is 1. The number of carboxylic acids is 1. The van der Waals surface area contributed by atoms with Gasteiger partial charge in [-0.1, -0.05) is 18.2 Å². The first kappa shape index (κ1) is 34.7. The molecule has 0 fully saturated rings. The smallest absolute Gasteiger partial charge is 0.413 e. The summed E-state index contributed by atoms with van der Waals surface area (Å²) in [6.07, 6.45) is -1.53. The third-order valence-electron chi connectivity index (χ3n) is 7.99. The molecule has 0 bridgehead atoms. The highest BCUT2D eigenvalue weighted by atomic mass is 19.2. The minimum Gasteiger partial charge on any atom is -0.497 e. The van der Waals surface area contributed by atoms with Crippen LogP contribution in [0.15, 0.2) is 42.5 Å². The van der Waals surface area contributed by atoms with E-state index in [1.54, 1.807) is 37.3 Å². The molecule has 2 aliphatic heterocycles. The molecule has 2 aliphatic rings. The Balaban J connectivity index is 1.34. The second-order valence-corrected chi connectivity index (χ2v) is 11.4. The van der Waals surface area contributed by atoms with Crippen molar-refractivity contribution < 1.29 is 60.9 Å². The summed E-state index contributed by atoms with van der Waals surface area (Å²) in [7, 11) is 1.45. The van der Waals surface area contributed by atoms with Crippen LogP contribution < -0.4 is 29.7 Å². The summed E-state index contributed by atoms with van der Waals surface area (Å²) < 4.78 is 70.5. The van der Waals surface area contributed by atoms with Crippen molar-refractivity contribution in [3.63, 3.8) is 0 Å². The quantitative estimate of drug-likeness (QED) is 0.202. The Morgan fingerprint density at radius 1 is 1.00 bits per heavy atom. The van der Waals surface area contributed by atoms with Gasteiger partial charge in [0.25, 0.3) is 0 Å². The summed E-state index contributed by atoms with van der Waals surface area (Å²) in [5.74, 6) is -12.8. The normalized spacial score (nSPS) is 17.0. The number of aryl methyl sites for hydroxylation is 2. The lowest BCUT2D eigenvalue weighted by atomic mass is 10.0. The number of carbonyl (C=O) groups is 5. The average Bonchev–Trinajstić information content (AvgIpc) is 3.38. The molecule has 0 aromatic heterocycles. The molecule has 3 amide bonds. The lowest BCUT2D eigenvalue weighted by molar-refractivity contribution is -0.140. The topological polar surface area (TPSA) is 161 Å². The number of rotatable bonds is 11. The van der Waals surface area contributed by atoms with E-state index >= 15 is 0 Å². The summed E-state index contributed by atoms with van der Waals surface area (Å²) in [6, 6.07) is 5.59. The first-order chi connectivity index (χ1) is 23.3. The van der Waals surface area contributed by atoms with Crippen LogP contribution in [0.4, 0.5) is 28.0 Å². The van der Waals surface area contributed by atoms with Gasteiger partial charge in [0, 0.05) is 18.6 Å². The van der Waals surface area contributed by atoms with Crippen molar-refractivity contribution in [3.05, 3.63) is 82.4 Å². The summed E-state index contributed by atoms with van der Waals surface area (Å²) in [5, 5.41) is 14.2. The van der Waals surface area contributed by atoms with Crippen LogP contribution in [0, 0.1) is 30.2 Å². The van der Waals surface area contributed by atoms with Crippen LogP contribution in [0.2, 0.25) is 0 Å². The zero-order valence-corrected chi connectivity index (χ0v) is 26.0. The van der Waals surface area contributed by atoms with E-state index in [4.69, 9.17) is 9.47 Å². The molecule has 5 rings (SSSR count). The fourth-order valence-electron chi connectivity index (χ4n) is 5.75. The number of carboxylic acid groups (broad SMARTS) is 1. The van der Waals surface area contributed by atoms with E-state index in [0.29, 0.717) is 29.0 Å². The average molecular weight is 688 g/mol. The van der Waals surface area contributed by atoms with Gasteiger partial charge in [-0.3, -0.25) is 24.1 Å². The SMILES string of the molecule is COc1cc(C)cc(OC(=O)NC2CCc3cccc4c3N(C2=O)C(C(=O)NC(CC(=O)O)C(=O)COc2c(F)c(F)cc(F)c2F)C4)c1. The number of hydrogen-bond acceptors (Lipinski definition) is 8. The zero-order valence-electron chi connectivity index (χ0n) is 26.0. The second kappa shape index (κ2) is 14.2. The molecule has 0 aliphatic carbocycles. The number of amides is 3. The molecule has 3 unspecified atom stereocenters. The van der Waals surface area contributed by atoms with Gasteiger partial charge in [-0.25, -0.2) is 13.6 Å². The number of benzene rings is 3. The van der Waals surface area contributed by atoms with Gasteiger partial charge < -0.3 is 30.0 Å². The highest BCUT2D eigenvalue weighted by Crippen LogP contribution is 2.39. The lowest BCUT2D eigenvalue weighted by Crippen LogP contribution is -2.57. The van der Waals surface area contributed by atoms with Gasteiger partial charge in [0.2, 0.25) is 23.4 Å². The Morgan fingerprint density at radius 2 is 1.67 bits per heavy atom. The van der Waals surface area contributed by atoms with Crippen LogP contribution in [-0.4, -0.2) is 66.6 Å². The van der Waals surface area contributed by atoms with Gasteiger partial charge >= 0.3 is 12.1 Å². The molecule has 258 valence electrons. The summed E-state index contributed by atoms with van der Waals surface area (Å²) in [4.78, 5) is 66.2. The van der Waals surface area contributed by atoms with Crippen LogP contribution in [0.25, 0.3) is 0 Å². The van der Waals surface area contributed by atoms with E-state index in [9.17, 15) is 46.6 Å². The number of ether oxygens (including phenoxy) is 3. The largest absolute Gasteiger partial charge is 0.497 e. The van der Waals surface area contributed by atoms with E-state index < -0.39 is 89.8 Å². The highest BCUT2D eigenvalue weighted by molar-refractivity contribution is 6.08. The number of anilines is 1. The molecule has 3 aromatic carbocycles. The maximum atomic E-state index is 14.0. The van der Waals surface area contributed by atoms with Crippen molar-refractivity contribution in [1.29, 1.82) is 0 Å². The first-order valence-electron chi connectivity index (χ1n) is 14.9. The predicted molar refractivity (Wildman–Crippen MR) is 161 cm³/mol. The third-order valence-corrected chi connectivity index (χ3v) is 7.99. The molecule has 3 N–H and O–H groups in total. The standard InChI is InChI=1S/C33H29F4N3O9/c1-15-8-18(47-2)11-19(9-15)49-33(46)39-22-7-6-16-4-3-5-17-10-24(40(29(16)17)32(22)45)31(44)38-23(13-26(42)43)25(41)14-48-30-27(36)20(34)12-21(35)28(30)37/h3-5,8-9,11-12,22-24H,6-7,10,13-14H2,1-2H3,(H,38,44)(H,39,46)(H,42,43). The van der Waals surface area contributed by atoms with Crippen LogP contribution in [0.1, 0.15) is 29.5 Å². The van der Waals surface area contributed by atoms with Crippen molar-refractivity contribution in [2.24, 2.45) is 0 Å². The van der Waals surface area contributed by atoms with Crippen molar-refractivity contribution in [2.45, 2.75) is 50.7 Å². The van der Waals surface area contributed by atoms with Crippen molar-refractivity contribution in [1.82, 2.24) is 10.6 Å². The van der Waals surface area contributed by atoms with E-state index in [0.717, 1.165) is 5.56 Å². The Labute approximate surface area is 275 Å². The van der Waals surface area contributed by atoms with Crippen molar-refractivity contribution >= 4 is 35.3 Å². The van der Waals surface area contributed by atoms with Gasteiger partial charge in [0.1, 0.15) is 36.2 Å². The van der Waals surface area contributed by atoms with Crippen molar-refractivity contribution in [2.75, 3.05) is 18.6 Å². The molecule has 16 heteroatoms. The van der Waals surface area contributed by atoms with E-state index in [-0.39, 0.29) is 24.7 Å². The molecule has 2 heterocycles. The van der Waals surface area contributed by atoms with E-state index in [1.165, 1.54) is 18.1 Å². The van der Waals surface area contributed by atoms with Gasteiger partial charge in [0.05, 0.1) is 19.2 Å². The Morgan fingerprint density at radius 3 is 2.35 bits per heavy atom. The Hall–Kier alpha value is -5.67. The Bertz CT molecular complexity index is 1830. The molecular weight excluding hydrogens is 658 g/mol. The van der Waals surface area contributed by atoms with Crippen LogP contribution in [-0.2, 0) is 32.0 Å². The molecule has 0 spiro atoms. The molecule has 0 saturated carbocycles. The number of hydrogen-bond donors (Lipinski definition) is 3. The molecule has 12 nitrogen and oxygen atoms in total. The number of halogens is 4. The summed E-state index contributed by atoms with van der Waals surface area (Å²) in [5.41, 5.74) is 2.47. The monoisotopic (exact) mass is 687 g/mol. The fourth-order valence-corrected chi connectivity index (χ4v) is 5.75. The molecular formula is C33H29F4N3O9. The van der Waals surface area contributed by atoms with Gasteiger partial charge in [-0.05, 0) is 48.6 Å². The zero-order chi connectivity index (χ0) is 35.6. The molecule has 3 atom stereocenters. The van der Waals surface area contributed by atoms with Crippen molar-refractivity contribution in [3.8, 4) is 17.2 Å². The maximum absolute atomic E-state index is 14.0. The number of ketones is 1. The summed E-state index contributed by atoms with van der Waals surface area (Å²) in [6.45, 7) is 0.496. The van der Waals surface area contributed by atoms with Gasteiger partial charge in [-0.2, -0.15) is 8.78 Å². The number of para-hydroxylation sites is 1. The highest BCUT2D eigenvalue weighted by Gasteiger charge is 2.45. The third kappa shape index (κ3) is 7.42. The predicted octanol–water partition coefficient (Wildman–Crippen LogP) is 3.53. The van der Waals surface area contributed by atoms with Crippen LogP contribution in [0.5, 0.6) is 17.2 Å². The number of carbonyl (C=O) groups excluding carboxylic acids is 4.